The van der Waals surface area contributed by atoms with Crippen molar-refractivity contribution in [2.24, 2.45) is 0 Å². The van der Waals surface area contributed by atoms with Gasteiger partial charge < -0.3 is 5.11 Å². The molecule has 1 aromatic rings. The van der Waals surface area contributed by atoms with Gasteiger partial charge in [0.25, 0.3) is 0 Å². The zero-order chi connectivity index (χ0) is 16.2. The molecule has 0 unspecified atom stereocenters. The first-order valence-corrected chi connectivity index (χ1v) is 8.48. The van der Waals surface area contributed by atoms with Gasteiger partial charge in [-0.2, -0.15) is 4.31 Å². The van der Waals surface area contributed by atoms with Crippen LogP contribution in [0.5, 0.6) is 0 Å². The van der Waals surface area contributed by atoms with E-state index in [1.165, 1.54) is 10.4 Å². The molecule has 1 rings (SSSR count). The minimum Gasteiger partial charge on any atom is -0.481 e. The first kappa shape index (κ1) is 17.9. The fraction of sp³-hybridized carbons (Fsp3) is 0.500. The van der Waals surface area contributed by atoms with Crippen LogP contribution in [0.3, 0.4) is 0 Å². The maximum absolute atomic E-state index is 12.7. The molecular formula is C14H20ClNO4S. The van der Waals surface area contributed by atoms with E-state index in [0.29, 0.717) is 10.6 Å². The highest BCUT2D eigenvalue weighted by atomic mass is 35.5. The fourth-order valence-electron chi connectivity index (χ4n) is 2.02. The normalized spacial score (nSPS) is 12.1. The van der Waals surface area contributed by atoms with Gasteiger partial charge in [-0.05, 0) is 44.9 Å². The lowest BCUT2D eigenvalue weighted by Gasteiger charge is -2.26. The van der Waals surface area contributed by atoms with Crippen molar-refractivity contribution in [1.29, 1.82) is 0 Å². The number of carboxylic acid groups (broad SMARTS) is 1. The molecule has 0 saturated heterocycles. The largest absolute Gasteiger partial charge is 0.481 e. The Balaban J connectivity index is 3.10. The molecule has 0 aromatic heterocycles. The number of rotatable bonds is 7. The third kappa shape index (κ3) is 4.69. The molecule has 0 saturated carbocycles. The Kier molecular flexibility index (Phi) is 6.19. The first-order chi connectivity index (χ1) is 9.66. The van der Waals surface area contributed by atoms with Gasteiger partial charge in [-0.3, -0.25) is 4.79 Å². The van der Waals surface area contributed by atoms with E-state index in [4.69, 9.17) is 16.7 Å². The molecule has 0 aliphatic heterocycles. The van der Waals surface area contributed by atoms with Crippen LogP contribution in [0, 0.1) is 6.92 Å². The summed E-state index contributed by atoms with van der Waals surface area (Å²) >= 11 is 5.89. The molecule has 0 aliphatic carbocycles. The van der Waals surface area contributed by atoms with Gasteiger partial charge in [-0.25, -0.2) is 8.42 Å². The van der Waals surface area contributed by atoms with Crippen LogP contribution in [-0.4, -0.2) is 36.4 Å². The number of aliphatic carboxylic acids is 1. The molecule has 0 radical (unpaired) electrons. The number of carbonyl (C=O) groups is 1. The zero-order valence-corrected chi connectivity index (χ0v) is 13.9. The Morgan fingerprint density at radius 1 is 1.38 bits per heavy atom. The zero-order valence-electron chi connectivity index (χ0n) is 12.3. The standard InChI is InChI=1S/C14H20ClNO4S/c1-10(2)16(8-4-5-14(17)18)21(19,20)13-9-12(15)7-6-11(13)3/h6-7,9-10H,4-5,8H2,1-3H3,(H,17,18). The van der Waals surface area contributed by atoms with Gasteiger partial charge in [0.2, 0.25) is 10.0 Å². The van der Waals surface area contributed by atoms with Gasteiger partial charge in [0.05, 0.1) is 4.90 Å². The van der Waals surface area contributed by atoms with Gasteiger partial charge in [0.1, 0.15) is 0 Å². The van der Waals surface area contributed by atoms with Crippen LogP contribution in [0.1, 0.15) is 32.3 Å². The second-order valence-electron chi connectivity index (χ2n) is 5.12. The molecule has 0 spiro atoms. The van der Waals surface area contributed by atoms with E-state index in [1.54, 1.807) is 32.9 Å². The SMILES string of the molecule is Cc1ccc(Cl)cc1S(=O)(=O)N(CCCC(=O)O)C(C)C. The van der Waals surface area contributed by atoms with Crippen molar-refractivity contribution in [3.8, 4) is 0 Å². The molecule has 0 atom stereocenters. The Bertz CT molecular complexity index is 613. The maximum atomic E-state index is 12.7. The average molecular weight is 334 g/mol. The molecule has 1 aromatic carbocycles. The van der Waals surface area contributed by atoms with Crippen molar-refractivity contribution in [2.45, 2.75) is 44.6 Å². The molecule has 0 amide bonds. The number of nitrogens with zero attached hydrogens (tertiary/aromatic N) is 1. The molecule has 118 valence electrons. The number of sulfonamides is 1. The van der Waals surface area contributed by atoms with Crippen LogP contribution in [0.25, 0.3) is 0 Å². The summed E-state index contributed by atoms with van der Waals surface area (Å²) in [5.41, 5.74) is 0.614. The predicted octanol–water partition coefficient (Wildman–Crippen LogP) is 2.91. The van der Waals surface area contributed by atoms with Gasteiger partial charge in [0, 0.05) is 24.0 Å². The van der Waals surface area contributed by atoms with E-state index >= 15 is 0 Å². The lowest BCUT2D eigenvalue weighted by Crippen LogP contribution is -2.38. The smallest absolute Gasteiger partial charge is 0.303 e. The summed E-state index contributed by atoms with van der Waals surface area (Å²) in [5.74, 6) is -0.935. The monoisotopic (exact) mass is 333 g/mol. The second kappa shape index (κ2) is 7.24. The summed E-state index contributed by atoms with van der Waals surface area (Å²) < 4.78 is 26.8. The quantitative estimate of drug-likeness (QED) is 0.832. The number of halogens is 1. The third-order valence-electron chi connectivity index (χ3n) is 3.08. The lowest BCUT2D eigenvalue weighted by atomic mass is 10.2. The van der Waals surface area contributed by atoms with Gasteiger partial charge in [-0.15, -0.1) is 0 Å². The van der Waals surface area contributed by atoms with E-state index in [1.807, 2.05) is 0 Å². The summed E-state index contributed by atoms with van der Waals surface area (Å²) in [5, 5.41) is 9.03. The van der Waals surface area contributed by atoms with Crippen LogP contribution in [0.4, 0.5) is 0 Å². The van der Waals surface area contributed by atoms with E-state index in [2.05, 4.69) is 0 Å². The Morgan fingerprint density at radius 2 is 2.00 bits per heavy atom. The van der Waals surface area contributed by atoms with Gasteiger partial charge in [0.15, 0.2) is 0 Å². The molecule has 7 heteroatoms. The number of benzene rings is 1. The van der Waals surface area contributed by atoms with Crippen LogP contribution >= 0.6 is 11.6 Å². The van der Waals surface area contributed by atoms with Crippen molar-refractivity contribution in [2.75, 3.05) is 6.54 Å². The second-order valence-corrected chi connectivity index (χ2v) is 7.41. The molecule has 1 N–H and O–H groups in total. The highest BCUT2D eigenvalue weighted by Gasteiger charge is 2.28. The van der Waals surface area contributed by atoms with E-state index in [9.17, 15) is 13.2 Å². The highest BCUT2D eigenvalue weighted by Crippen LogP contribution is 2.25. The highest BCUT2D eigenvalue weighted by molar-refractivity contribution is 7.89. The van der Waals surface area contributed by atoms with Crippen molar-refractivity contribution in [3.05, 3.63) is 28.8 Å². The van der Waals surface area contributed by atoms with Crippen LogP contribution in [0.15, 0.2) is 23.1 Å². The molecule has 0 heterocycles. The summed E-state index contributed by atoms with van der Waals surface area (Å²) in [6, 6.07) is 4.46. The predicted molar refractivity (Wildman–Crippen MR) is 82.1 cm³/mol. The Morgan fingerprint density at radius 3 is 2.52 bits per heavy atom. The summed E-state index contributed by atoms with van der Waals surface area (Å²) in [7, 11) is -3.70. The first-order valence-electron chi connectivity index (χ1n) is 6.66. The third-order valence-corrected chi connectivity index (χ3v) is 5.53. The van der Waals surface area contributed by atoms with Crippen LogP contribution in [0.2, 0.25) is 5.02 Å². The van der Waals surface area contributed by atoms with Crippen molar-refractivity contribution >= 4 is 27.6 Å². The van der Waals surface area contributed by atoms with Gasteiger partial charge in [-0.1, -0.05) is 17.7 Å². The molecule has 0 fully saturated rings. The van der Waals surface area contributed by atoms with Crippen LogP contribution in [-0.2, 0) is 14.8 Å². The molecule has 21 heavy (non-hydrogen) atoms. The van der Waals surface area contributed by atoms with E-state index < -0.39 is 16.0 Å². The summed E-state index contributed by atoms with van der Waals surface area (Å²) in [6.45, 7) is 5.40. The fourth-order valence-corrected chi connectivity index (χ4v) is 4.19. The molecule has 0 bridgehead atoms. The number of aryl methyl sites for hydroxylation is 1. The molecular weight excluding hydrogens is 314 g/mol. The minimum atomic E-state index is -3.70. The maximum Gasteiger partial charge on any atom is 0.303 e. The van der Waals surface area contributed by atoms with Crippen molar-refractivity contribution < 1.29 is 18.3 Å². The van der Waals surface area contributed by atoms with Gasteiger partial charge >= 0.3 is 5.97 Å². The number of hydrogen-bond acceptors (Lipinski definition) is 3. The topological polar surface area (TPSA) is 74.7 Å². The molecule has 5 nitrogen and oxygen atoms in total. The Hall–Kier alpha value is -1.11. The summed E-state index contributed by atoms with van der Waals surface area (Å²) in [6.07, 6.45) is 0.208. The van der Waals surface area contributed by atoms with Crippen molar-refractivity contribution in [3.63, 3.8) is 0 Å². The Labute approximate surface area is 130 Å². The van der Waals surface area contributed by atoms with E-state index in [-0.39, 0.29) is 30.3 Å². The summed E-state index contributed by atoms with van der Waals surface area (Å²) in [4.78, 5) is 10.7. The molecule has 0 aliphatic rings. The van der Waals surface area contributed by atoms with Crippen molar-refractivity contribution in [1.82, 2.24) is 4.31 Å². The lowest BCUT2D eigenvalue weighted by molar-refractivity contribution is -0.137. The number of hydrogen-bond donors (Lipinski definition) is 1. The van der Waals surface area contributed by atoms with Crippen LogP contribution < -0.4 is 0 Å². The minimum absolute atomic E-state index is 0.0622. The van der Waals surface area contributed by atoms with E-state index in [0.717, 1.165) is 0 Å². The number of carboxylic acids is 1. The average Bonchev–Trinajstić information content (AvgIpc) is 2.36.